The van der Waals surface area contributed by atoms with Gasteiger partial charge in [-0.05, 0) is 30.5 Å². The topological polar surface area (TPSA) is 49.0 Å². The van der Waals surface area contributed by atoms with E-state index < -0.39 is 0 Å². The van der Waals surface area contributed by atoms with Crippen LogP contribution in [0.4, 0.5) is 0 Å². The van der Waals surface area contributed by atoms with Gasteiger partial charge < -0.3 is 4.74 Å². The zero-order chi connectivity index (χ0) is 14.5. The smallest absolute Gasteiger partial charge is 0.345 e. The van der Waals surface area contributed by atoms with Crippen LogP contribution in [0.1, 0.15) is 24.7 Å². The van der Waals surface area contributed by atoms with Crippen LogP contribution in [0.2, 0.25) is 0 Å². The molecule has 0 bridgehead atoms. The number of aryl methyl sites for hydroxylation is 3. The highest BCUT2D eigenvalue weighted by molar-refractivity contribution is 5.28. The van der Waals surface area contributed by atoms with Crippen LogP contribution in [0.3, 0.4) is 0 Å². The molecule has 5 heteroatoms. The summed E-state index contributed by atoms with van der Waals surface area (Å²) >= 11 is 0. The van der Waals surface area contributed by atoms with Crippen LogP contribution in [0.5, 0.6) is 5.75 Å². The van der Waals surface area contributed by atoms with Crippen LogP contribution in [-0.4, -0.2) is 21.5 Å². The lowest BCUT2D eigenvalue weighted by molar-refractivity contribution is 0.414. The normalized spacial score (nSPS) is 10.8. The minimum absolute atomic E-state index is 0.0347. The van der Waals surface area contributed by atoms with Gasteiger partial charge in [0, 0.05) is 20.0 Å². The van der Waals surface area contributed by atoms with E-state index in [0.717, 1.165) is 37.4 Å². The largest absolute Gasteiger partial charge is 0.497 e. The number of hydrogen-bond donors (Lipinski definition) is 0. The molecule has 108 valence electrons. The zero-order valence-corrected chi connectivity index (χ0v) is 12.3. The molecule has 2 aromatic rings. The molecule has 0 aliphatic carbocycles. The van der Waals surface area contributed by atoms with Gasteiger partial charge >= 0.3 is 5.69 Å². The first-order valence-corrected chi connectivity index (χ1v) is 6.91. The van der Waals surface area contributed by atoms with Crippen molar-refractivity contribution < 1.29 is 4.74 Å². The first-order chi connectivity index (χ1) is 9.65. The van der Waals surface area contributed by atoms with Crippen molar-refractivity contribution in [3.8, 4) is 5.75 Å². The van der Waals surface area contributed by atoms with Crippen molar-refractivity contribution in [1.82, 2.24) is 14.3 Å². The Morgan fingerprint density at radius 3 is 2.80 bits per heavy atom. The molecule has 0 amide bonds. The van der Waals surface area contributed by atoms with Gasteiger partial charge in [-0.25, -0.2) is 9.48 Å². The Morgan fingerprint density at radius 1 is 1.30 bits per heavy atom. The van der Waals surface area contributed by atoms with Crippen LogP contribution < -0.4 is 10.4 Å². The average Bonchev–Trinajstić information content (AvgIpc) is 2.73. The summed E-state index contributed by atoms with van der Waals surface area (Å²) in [6.07, 6.45) is 2.53. The molecular formula is C15H21N3O2. The summed E-state index contributed by atoms with van der Waals surface area (Å²) in [5, 5.41) is 4.32. The molecule has 1 aromatic heterocycles. The van der Waals surface area contributed by atoms with E-state index >= 15 is 0 Å². The molecule has 0 radical (unpaired) electrons. The minimum atomic E-state index is -0.0347. The fraction of sp³-hybridized carbons (Fsp3) is 0.467. The summed E-state index contributed by atoms with van der Waals surface area (Å²) in [4.78, 5) is 11.9. The molecule has 0 fully saturated rings. The predicted molar refractivity (Wildman–Crippen MR) is 78.2 cm³/mol. The van der Waals surface area contributed by atoms with Gasteiger partial charge in [0.05, 0.1) is 7.11 Å². The molecule has 0 spiro atoms. The van der Waals surface area contributed by atoms with Crippen molar-refractivity contribution in [1.29, 1.82) is 0 Å². The lowest BCUT2D eigenvalue weighted by Crippen LogP contribution is -2.23. The summed E-state index contributed by atoms with van der Waals surface area (Å²) in [6.45, 7) is 2.78. The molecule has 0 aliphatic heterocycles. The monoisotopic (exact) mass is 275 g/mol. The number of nitrogens with zero attached hydrogens (tertiary/aromatic N) is 3. The van der Waals surface area contributed by atoms with Crippen LogP contribution >= 0.6 is 0 Å². The molecule has 0 aliphatic rings. The van der Waals surface area contributed by atoms with Gasteiger partial charge in [-0.3, -0.25) is 4.57 Å². The first-order valence-electron chi connectivity index (χ1n) is 6.91. The Kier molecular flexibility index (Phi) is 4.61. The summed E-state index contributed by atoms with van der Waals surface area (Å²) in [7, 11) is 3.36. The van der Waals surface area contributed by atoms with Crippen molar-refractivity contribution >= 4 is 0 Å². The molecular weight excluding hydrogens is 254 g/mol. The zero-order valence-electron chi connectivity index (χ0n) is 12.3. The van der Waals surface area contributed by atoms with Crippen molar-refractivity contribution in [2.75, 3.05) is 7.11 Å². The van der Waals surface area contributed by atoms with E-state index in [1.54, 1.807) is 18.7 Å². The molecule has 2 rings (SSSR count). The Bertz CT molecular complexity index is 628. The Balaban J connectivity index is 2.14. The van der Waals surface area contributed by atoms with Gasteiger partial charge in [0.25, 0.3) is 0 Å². The van der Waals surface area contributed by atoms with E-state index in [9.17, 15) is 4.79 Å². The summed E-state index contributed by atoms with van der Waals surface area (Å²) in [6, 6.07) is 7.99. The highest BCUT2D eigenvalue weighted by Crippen LogP contribution is 2.14. The van der Waals surface area contributed by atoms with Crippen LogP contribution in [0, 0.1) is 0 Å². The number of ether oxygens (including phenoxy) is 1. The average molecular weight is 275 g/mol. The van der Waals surface area contributed by atoms with E-state index in [4.69, 9.17) is 4.74 Å². The summed E-state index contributed by atoms with van der Waals surface area (Å²) in [5.74, 6) is 1.71. The molecule has 1 aromatic carbocycles. The van der Waals surface area contributed by atoms with Gasteiger partial charge in [-0.15, -0.1) is 0 Å². The highest BCUT2D eigenvalue weighted by atomic mass is 16.5. The second-order valence-electron chi connectivity index (χ2n) is 4.83. The van der Waals surface area contributed by atoms with Crippen molar-refractivity contribution in [3.05, 3.63) is 46.1 Å². The Morgan fingerprint density at radius 2 is 2.10 bits per heavy atom. The third-order valence-electron chi connectivity index (χ3n) is 3.30. The minimum Gasteiger partial charge on any atom is -0.497 e. The molecule has 1 heterocycles. The molecule has 0 saturated carbocycles. The van der Waals surface area contributed by atoms with Crippen molar-refractivity contribution in [2.45, 2.75) is 32.7 Å². The number of rotatable bonds is 6. The second-order valence-corrected chi connectivity index (χ2v) is 4.83. The molecule has 5 nitrogen and oxygen atoms in total. The summed E-state index contributed by atoms with van der Waals surface area (Å²) in [5.41, 5.74) is 1.15. The lowest BCUT2D eigenvalue weighted by Gasteiger charge is -2.05. The van der Waals surface area contributed by atoms with Crippen molar-refractivity contribution in [2.24, 2.45) is 7.05 Å². The van der Waals surface area contributed by atoms with Gasteiger partial charge in [0.15, 0.2) is 0 Å². The third-order valence-corrected chi connectivity index (χ3v) is 3.30. The maximum absolute atomic E-state index is 11.9. The fourth-order valence-electron chi connectivity index (χ4n) is 2.27. The van der Waals surface area contributed by atoms with E-state index in [2.05, 4.69) is 18.1 Å². The van der Waals surface area contributed by atoms with Gasteiger partial charge in [-0.1, -0.05) is 19.1 Å². The number of aromatic nitrogens is 3. The predicted octanol–water partition coefficient (Wildman–Crippen LogP) is 1.79. The van der Waals surface area contributed by atoms with Crippen LogP contribution in [-0.2, 0) is 26.4 Å². The second kappa shape index (κ2) is 6.41. The number of hydrogen-bond acceptors (Lipinski definition) is 3. The van der Waals surface area contributed by atoms with Gasteiger partial charge in [-0.2, -0.15) is 5.10 Å². The lowest BCUT2D eigenvalue weighted by atomic mass is 10.1. The molecule has 0 atom stereocenters. The molecule has 0 saturated heterocycles. The quantitative estimate of drug-likeness (QED) is 0.807. The van der Waals surface area contributed by atoms with E-state index in [1.165, 1.54) is 10.2 Å². The maximum Gasteiger partial charge on any atom is 0.345 e. The van der Waals surface area contributed by atoms with E-state index in [1.807, 2.05) is 18.2 Å². The SMILES string of the molecule is CCCn1c(CCc2cccc(OC)c2)nn(C)c1=O. The molecule has 20 heavy (non-hydrogen) atoms. The van der Waals surface area contributed by atoms with E-state index in [-0.39, 0.29) is 5.69 Å². The maximum atomic E-state index is 11.9. The number of benzene rings is 1. The first kappa shape index (κ1) is 14.4. The van der Waals surface area contributed by atoms with E-state index in [0.29, 0.717) is 0 Å². The van der Waals surface area contributed by atoms with Crippen molar-refractivity contribution in [3.63, 3.8) is 0 Å². The third kappa shape index (κ3) is 3.10. The van der Waals surface area contributed by atoms with Crippen LogP contribution in [0.25, 0.3) is 0 Å². The number of methoxy groups -OCH3 is 1. The molecule has 0 unspecified atom stereocenters. The van der Waals surface area contributed by atoms with Gasteiger partial charge in [0.2, 0.25) is 0 Å². The summed E-state index contributed by atoms with van der Waals surface area (Å²) < 4.78 is 8.39. The molecule has 0 N–H and O–H groups in total. The Hall–Kier alpha value is -2.04. The standard InChI is InChI=1S/C15H21N3O2/c1-4-10-18-14(16-17(2)15(18)19)9-8-12-6-5-7-13(11-12)20-3/h5-7,11H,4,8-10H2,1-3H3. The highest BCUT2D eigenvalue weighted by Gasteiger charge is 2.10. The van der Waals surface area contributed by atoms with Crippen LogP contribution in [0.15, 0.2) is 29.1 Å². The fourth-order valence-corrected chi connectivity index (χ4v) is 2.27. The van der Waals surface area contributed by atoms with Gasteiger partial charge in [0.1, 0.15) is 11.6 Å². The Labute approximate surface area is 118 Å².